The first-order valence-corrected chi connectivity index (χ1v) is 7.79. The summed E-state index contributed by atoms with van der Waals surface area (Å²) >= 11 is 0. The molecule has 0 spiro atoms. The Labute approximate surface area is 135 Å². The summed E-state index contributed by atoms with van der Waals surface area (Å²) in [5.74, 6) is 2.02. The molecule has 1 N–H and O–H groups in total. The zero-order chi connectivity index (χ0) is 16.1. The zero-order valence-corrected chi connectivity index (χ0v) is 13.2. The minimum atomic E-state index is -0.200. The van der Waals surface area contributed by atoms with Gasteiger partial charge < -0.3 is 14.6 Å². The van der Waals surface area contributed by atoms with Crippen LogP contribution in [0.3, 0.4) is 0 Å². The first-order valence-electron chi connectivity index (χ1n) is 7.79. The van der Waals surface area contributed by atoms with Gasteiger partial charge in [-0.2, -0.15) is 0 Å². The molecule has 120 valence electrons. The minimum absolute atomic E-state index is 0.200. The monoisotopic (exact) mass is 312 g/mol. The predicted molar refractivity (Wildman–Crippen MR) is 87.8 cm³/mol. The van der Waals surface area contributed by atoms with Crippen LogP contribution in [0.15, 0.2) is 35.0 Å². The number of carbonyl (C=O) groups excluding carboxylic acids is 1. The van der Waals surface area contributed by atoms with E-state index < -0.39 is 0 Å². The smallest absolute Gasteiger partial charge is 0.244 e. The van der Waals surface area contributed by atoms with Crippen LogP contribution in [0.1, 0.15) is 30.1 Å². The van der Waals surface area contributed by atoms with E-state index in [9.17, 15) is 4.79 Å². The van der Waals surface area contributed by atoms with Gasteiger partial charge in [0.15, 0.2) is 0 Å². The number of aromatic nitrogens is 2. The third kappa shape index (κ3) is 4.18. The molecule has 2 aromatic rings. The topological polar surface area (TPSA) is 71.3 Å². The van der Waals surface area contributed by atoms with Gasteiger partial charge in [-0.05, 0) is 38.0 Å². The highest BCUT2D eigenvalue weighted by Gasteiger charge is 2.15. The Hall–Kier alpha value is -2.63. The van der Waals surface area contributed by atoms with Crippen LogP contribution in [0.5, 0.6) is 0 Å². The largest absolute Gasteiger partial charge is 0.465 e. The quantitative estimate of drug-likeness (QED) is 0.858. The standard InChI is InChI=1S/C17H20N4O2/c1-13-11-16(21-8-2-3-9-21)20-15(19-13)12-18-17(22)7-6-14-5-4-10-23-14/h4-7,10-11H,2-3,8-9,12H2,1H3,(H,18,22)/b7-6+. The molecular formula is C17H20N4O2. The fourth-order valence-corrected chi connectivity index (χ4v) is 2.57. The first-order chi connectivity index (χ1) is 11.2. The molecule has 0 atom stereocenters. The summed E-state index contributed by atoms with van der Waals surface area (Å²) in [7, 11) is 0. The SMILES string of the molecule is Cc1cc(N2CCCC2)nc(CNC(=O)/C=C/c2ccco2)n1. The number of furan rings is 1. The summed E-state index contributed by atoms with van der Waals surface area (Å²) in [5, 5.41) is 2.80. The molecule has 1 fully saturated rings. The summed E-state index contributed by atoms with van der Waals surface area (Å²) < 4.78 is 5.14. The number of hydrogen-bond donors (Lipinski definition) is 1. The number of nitrogens with one attached hydrogen (secondary N) is 1. The Balaban J connectivity index is 1.60. The number of anilines is 1. The van der Waals surface area contributed by atoms with E-state index >= 15 is 0 Å². The van der Waals surface area contributed by atoms with Crippen LogP contribution >= 0.6 is 0 Å². The predicted octanol–water partition coefficient (Wildman–Crippen LogP) is 2.31. The van der Waals surface area contributed by atoms with Gasteiger partial charge in [-0.3, -0.25) is 4.79 Å². The number of aryl methyl sites for hydroxylation is 1. The van der Waals surface area contributed by atoms with Crippen molar-refractivity contribution in [2.75, 3.05) is 18.0 Å². The van der Waals surface area contributed by atoms with Gasteiger partial charge in [-0.1, -0.05) is 0 Å². The fourth-order valence-electron chi connectivity index (χ4n) is 2.57. The van der Waals surface area contributed by atoms with Gasteiger partial charge in [0, 0.05) is 30.9 Å². The maximum atomic E-state index is 11.8. The summed E-state index contributed by atoms with van der Waals surface area (Å²) in [4.78, 5) is 23.0. The molecule has 1 saturated heterocycles. The maximum absolute atomic E-state index is 11.8. The van der Waals surface area contributed by atoms with Crippen molar-refractivity contribution in [3.8, 4) is 0 Å². The Kier molecular flexibility index (Phi) is 4.71. The molecule has 3 rings (SSSR count). The molecule has 2 aromatic heterocycles. The van der Waals surface area contributed by atoms with Crippen molar-refractivity contribution in [2.24, 2.45) is 0 Å². The summed E-state index contributed by atoms with van der Waals surface area (Å²) in [5.41, 5.74) is 0.914. The minimum Gasteiger partial charge on any atom is -0.465 e. The van der Waals surface area contributed by atoms with Crippen LogP contribution < -0.4 is 10.2 Å². The lowest BCUT2D eigenvalue weighted by molar-refractivity contribution is -0.116. The molecule has 23 heavy (non-hydrogen) atoms. The number of amides is 1. The average Bonchev–Trinajstić information content (AvgIpc) is 3.23. The number of hydrogen-bond acceptors (Lipinski definition) is 5. The molecule has 0 radical (unpaired) electrons. The van der Waals surface area contributed by atoms with Gasteiger partial charge in [-0.25, -0.2) is 9.97 Å². The molecular weight excluding hydrogens is 292 g/mol. The van der Waals surface area contributed by atoms with E-state index in [1.165, 1.54) is 18.9 Å². The maximum Gasteiger partial charge on any atom is 0.244 e. The van der Waals surface area contributed by atoms with Crippen LogP contribution in [-0.4, -0.2) is 29.0 Å². The average molecular weight is 312 g/mol. The van der Waals surface area contributed by atoms with Crippen molar-refractivity contribution in [3.05, 3.63) is 47.8 Å². The molecule has 3 heterocycles. The van der Waals surface area contributed by atoms with Gasteiger partial charge in [-0.15, -0.1) is 0 Å². The summed E-state index contributed by atoms with van der Waals surface area (Å²) in [6, 6.07) is 5.56. The van der Waals surface area contributed by atoms with Gasteiger partial charge >= 0.3 is 0 Å². The first kappa shape index (κ1) is 15.3. The van der Waals surface area contributed by atoms with E-state index in [0.717, 1.165) is 24.6 Å². The molecule has 6 heteroatoms. The number of nitrogens with zero attached hydrogens (tertiary/aromatic N) is 3. The molecule has 0 unspecified atom stereocenters. The highest BCUT2D eigenvalue weighted by molar-refractivity contribution is 5.91. The molecule has 6 nitrogen and oxygen atoms in total. The molecule has 1 aliphatic rings. The van der Waals surface area contributed by atoms with Crippen LogP contribution in [0, 0.1) is 6.92 Å². The van der Waals surface area contributed by atoms with E-state index in [2.05, 4.69) is 20.2 Å². The third-order valence-electron chi connectivity index (χ3n) is 3.68. The van der Waals surface area contributed by atoms with E-state index in [0.29, 0.717) is 18.1 Å². The normalized spacial score (nSPS) is 14.6. The van der Waals surface area contributed by atoms with Crippen LogP contribution in [0.25, 0.3) is 6.08 Å². The molecule has 0 aliphatic carbocycles. The van der Waals surface area contributed by atoms with Crippen molar-refractivity contribution in [2.45, 2.75) is 26.3 Å². The summed E-state index contributed by atoms with van der Waals surface area (Å²) in [6.07, 6.45) is 7.04. The fraction of sp³-hybridized carbons (Fsp3) is 0.353. The zero-order valence-electron chi connectivity index (χ0n) is 13.2. The van der Waals surface area contributed by atoms with Crippen molar-refractivity contribution in [3.63, 3.8) is 0 Å². The van der Waals surface area contributed by atoms with E-state index in [1.807, 2.05) is 13.0 Å². The molecule has 0 bridgehead atoms. The lowest BCUT2D eigenvalue weighted by atomic mass is 10.3. The van der Waals surface area contributed by atoms with Gasteiger partial charge in [0.05, 0.1) is 12.8 Å². The second kappa shape index (κ2) is 7.09. The Morgan fingerprint density at radius 1 is 1.39 bits per heavy atom. The molecule has 1 aliphatic heterocycles. The molecule has 0 aromatic carbocycles. The van der Waals surface area contributed by atoms with Crippen molar-refractivity contribution >= 4 is 17.8 Å². The van der Waals surface area contributed by atoms with Gasteiger partial charge in [0.2, 0.25) is 5.91 Å². The van der Waals surface area contributed by atoms with Crippen LogP contribution in [0.4, 0.5) is 5.82 Å². The number of rotatable bonds is 5. The summed E-state index contributed by atoms with van der Waals surface area (Å²) in [6.45, 7) is 4.33. The second-order valence-corrected chi connectivity index (χ2v) is 5.54. The second-order valence-electron chi connectivity index (χ2n) is 5.54. The van der Waals surface area contributed by atoms with Crippen molar-refractivity contribution < 1.29 is 9.21 Å². The highest BCUT2D eigenvalue weighted by Crippen LogP contribution is 2.18. The van der Waals surface area contributed by atoms with Crippen molar-refractivity contribution in [1.82, 2.24) is 15.3 Å². The lowest BCUT2D eigenvalue weighted by Gasteiger charge is -2.17. The Morgan fingerprint density at radius 2 is 2.22 bits per heavy atom. The van der Waals surface area contributed by atoms with E-state index in [-0.39, 0.29) is 5.91 Å². The van der Waals surface area contributed by atoms with Gasteiger partial charge in [0.25, 0.3) is 0 Å². The van der Waals surface area contributed by atoms with E-state index in [4.69, 9.17) is 4.42 Å². The Bertz CT molecular complexity index is 689. The van der Waals surface area contributed by atoms with Crippen molar-refractivity contribution in [1.29, 1.82) is 0 Å². The third-order valence-corrected chi connectivity index (χ3v) is 3.68. The van der Waals surface area contributed by atoms with Crippen LogP contribution in [0.2, 0.25) is 0 Å². The number of carbonyl (C=O) groups is 1. The van der Waals surface area contributed by atoms with Gasteiger partial charge in [0.1, 0.15) is 17.4 Å². The Morgan fingerprint density at radius 3 is 2.96 bits per heavy atom. The van der Waals surface area contributed by atoms with Crippen LogP contribution in [-0.2, 0) is 11.3 Å². The van der Waals surface area contributed by atoms with E-state index in [1.54, 1.807) is 24.5 Å². The highest BCUT2D eigenvalue weighted by atomic mass is 16.3. The molecule has 1 amide bonds. The molecule has 0 saturated carbocycles. The lowest BCUT2D eigenvalue weighted by Crippen LogP contribution is -2.24.